The molecule has 0 aliphatic heterocycles. The molecule has 0 aliphatic carbocycles. The van der Waals surface area contributed by atoms with Gasteiger partial charge in [-0.05, 0) is 51.0 Å². The van der Waals surface area contributed by atoms with Crippen LogP contribution in [0.3, 0.4) is 0 Å². The van der Waals surface area contributed by atoms with Crippen molar-refractivity contribution < 1.29 is 4.39 Å². The summed E-state index contributed by atoms with van der Waals surface area (Å²) in [5, 5.41) is 3.27. The number of aromatic nitrogens is 2. The fourth-order valence-electron chi connectivity index (χ4n) is 2.25. The molecule has 106 valence electrons. The number of aryl methyl sites for hydroxylation is 2. The minimum Gasteiger partial charge on any atom is -0.370 e. The number of rotatable bonds is 4. The van der Waals surface area contributed by atoms with Gasteiger partial charge in [0.1, 0.15) is 11.6 Å². The van der Waals surface area contributed by atoms with Gasteiger partial charge >= 0.3 is 0 Å². The highest BCUT2D eigenvalue weighted by molar-refractivity contribution is 5.63. The van der Waals surface area contributed by atoms with E-state index in [-0.39, 0.29) is 5.82 Å². The lowest BCUT2D eigenvalue weighted by molar-refractivity contribution is 0.627. The van der Waals surface area contributed by atoms with Gasteiger partial charge < -0.3 is 5.32 Å². The zero-order valence-corrected chi connectivity index (χ0v) is 12.4. The van der Waals surface area contributed by atoms with E-state index in [0.29, 0.717) is 5.82 Å². The first kappa shape index (κ1) is 14.4. The van der Waals surface area contributed by atoms with Gasteiger partial charge in [0.25, 0.3) is 0 Å². The summed E-state index contributed by atoms with van der Waals surface area (Å²) in [6, 6.07) is 4.70. The molecule has 1 N–H and O–H groups in total. The molecule has 3 nitrogen and oxygen atoms in total. The number of hydrogen-bond donors (Lipinski definition) is 1. The minimum atomic E-state index is -0.235. The first-order chi connectivity index (χ1) is 9.56. The summed E-state index contributed by atoms with van der Waals surface area (Å²) in [7, 11) is 0. The molecule has 20 heavy (non-hydrogen) atoms. The lowest BCUT2D eigenvalue weighted by Gasteiger charge is -2.13. The third-order valence-electron chi connectivity index (χ3n) is 3.36. The second-order valence-corrected chi connectivity index (χ2v) is 4.81. The Morgan fingerprint density at radius 1 is 1.15 bits per heavy atom. The fourth-order valence-corrected chi connectivity index (χ4v) is 2.25. The van der Waals surface area contributed by atoms with Crippen molar-refractivity contribution in [2.24, 2.45) is 0 Å². The topological polar surface area (TPSA) is 37.8 Å². The number of benzene rings is 1. The van der Waals surface area contributed by atoms with E-state index in [4.69, 9.17) is 0 Å². The van der Waals surface area contributed by atoms with Gasteiger partial charge in [0, 0.05) is 23.4 Å². The van der Waals surface area contributed by atoms with Crippen LogP contribution in [0.25, 0.3) is 11.4 Å². The van der Waals surface area contributed by atoms with Crippen LogP contribution in [-0.4, -0.2) is 16.5 Å². The molecule has 0 atom stereocenters. The molecule has 0 saturated carbocycles. The largest absolute Gasteiger partial charge is 0.370 e. The van der Waals surface area contributed by atoms with Gasteiger partial charge in [-0.3, -0.25) is 0 Å². The van der Waals surface area contributed by atoms with Gasteiger partial charge in [0.2, 0.25) is 0 Å². The van der Waals surface area contributed by atoms with Crippen molar-refractivity contribution in [3.8, 4) is 11.4 Å². The fraction of sp³-hybridized carbons (Fsp3) is 0.375. The van der Waals surface area contributed by atoms with Gasteiger partial charge in [-0.2, -0.15) is 0 Å². The van der Waals surface area contributed by atoms with E-state index in [2.05, 4.69) is 22.2 Å². The predicted octanol–water partition coefficient (Wildman–Crippen LogP) is 3.89. The van der Waals surface area contributed by atoms with Crippen molar-refractivity contribution in [2.75, 3.05) is 11.9 Å². The number of hydrogen-bond acceptors (Lipinski definition) is 3. The van der Waals surface area contributed by atoms with Crippen molar-refractivity contribution in [2.45, 2.75) is 34.1 Å². The highest BCUT2D eigenvalue weighted by atomic mass is 19.1. The average Bonchev–Trinajstić information content (AvgIpc) is 2.41. The summed E-state index contributed by atoms with van der Waals surface area (Å²) in [6.07, 6.45) is 0.847. The summed E-state index contributed by atoms with van der Waals surface area (Å²) in [5.41, 5.74) is 3.83. The Balaban J connectivity index is 2.58. The Morgan fingerprint density at radius 2 is 1.90 bits per heavy atom. The first-order valence-electron chi connectivity index (χ1n) is 6.94. The molecule has 0 unspecified atom stereocenters. The highest BCUT2D eigenvalue weighted by Crippen LogP contribution is 2.25. The van der Waals surface area contributed by atoms with E-state index in [1.54, 1.807) is 6.07 Å². The molecule has 0 fully saturated rings. The SMILES string of the molecule is CCNc1nc(-c2ccc(F)cc2C)nc(CC)c1C. The van der Waals surface area contributed by atoms with Crippen LogP contribution in [0.1, 0.15) is 30.7 Å². The molecule has 0 bridgehead atoms. The van der Waals surface area contributed by atoms with E-state index < -0.39 is 0 Å². The van der Waals surface area contributed by atoms with Crippen molar-refractivity contribution in [3.63, 3.8) is 0 Å². The zero-order chi connectivity index (χ0) is 14.7. The van der Waals surface area contributed by atoms with E-state index in [1.807, 2.05) is 20.8 Å². The van der Waals surface area contributed by atoms with E-state index in [9.17, 15) is 4.39 Å². The van der Waals surface area contributed by atoms with Crippen LogP contribution in [0.5, 0.6) is 0 Å². The summed E-state index contributed by atoms with van der Waals surface area (Å²) in [6.45, 7) is 8.82. The molecule has 0 saturated heterocycles. The van der Waals surface area contributed by atoms with Crippen LogP contribution in [-0.2, 0) is 6.42 Å². The Labute approximate surface area is 119 Å². The predicted molar refractivity (Wildman–Crippen MR) is 80.4 cm³/mol. The normalized spacial score (nSPS) is 10.7. The van der Waals surface area contributed by atoms with Gasteiger partial charge in [-0.15, -0.1) is 0 Å². The van der Waals surface area contributed by atoms with Gasteiger partial charge in [0.05, 0.1) is 0 Å². The van der Waals surface area contributed by atoms with Gasteiger partial charge in [-0.1, -0.05) is 6.92 Å². The third kappa shape index (κ3) is 2.79. The molecule has 1 aromatic heterocycles. The Kier molecular flexibility index (Phi) is 4.32. The monoisotopic (exact) mass is 273 g/mol. The van der Waals surface area contributed by atoms with Crippen LogP contribution < -0.4 is 5.32 Å². The number of anilines is 1. The molecular weight excluding hydrogens is 253 g/mol. The zero-order valence-electron chi connectivity index (χ0n) is 12.4. The van der Waals surface area contributed by atoms with Crippen LogP contribution in [0.15, 0.2) is 18.2 Å². The second-order valence-electron chi connectivity index (χ2n) is 4.81. The summed E-state index contributed by atoms with van der Waals surface area (Å²) in [5.74, 6) is 1.28. The second kappa shape index (κ2) is 5.99. The van der Waals surface area contributed by atoms with E-state index >= 15 is 0 Å². The molecule has 0 aliphatic rings. The van der Waals surface area contributed by atoms with Crippen molar-refractivity contribution in [1.82, 2.24) is 9.97 Å². The third-order valence-corrected chi connectivity index (χ3v) is 3.36. The van der Waals surface area contributed by atoms with Gasteiger partial charge in [0.15, 0.2) is 5.82 Å². The molecule has 1 heterocycles. The van der Waals surface area contributed by atoms with Crippen molar-refractivity contribution in [3.05, 3.63) is 40.8 Å². The highest BCUT2D eigenvalue weighted by Gasteiger charge is 2.12. The number of halogens is 1. The smallest absolute Gasteiger partial charge is 0.162 e. The van der Waals surface area contributed by atoms with Crippen LogP contribution >= 0.6 is 0 Å². The maximum absolute atomic E-state index is 13.2. The van der Waals surface area contributed by atoms with Crippen LogP contribution in [0.4, 0.5) is 10.2 Å². The minimum absolute atomic E-state index is 0.235. The maximum atomic E-state index is 13.2. The maximum Gasteiger partial charge on any atom is 0.162 e. The summed E-state index contributed by atoms with van der Waals surface area (Å²) in [4.78, 5) is 9.21. The molecule has 0 radical (unpaired) electrons. The molecule has 2 aromatic rings. The average molecular weight is 273 g/mol. The molecule has 4 heteroatoms. The van der Waals surface area contributed by atoms with Crippen molar-refractivity contribution in [1.29, 1.82) is 0 Å². The van der Waals surface area contributed by atoms with E-state index in [1.165, 1.54) is 12.1 Å². The van der Waals surface area contributed by atoms with Gasteiger partial charge in [-0.25, -0.2) is 14.4 Å². The first-order valence-corrected chi connectivity index (χ1v) is 6.94. The van der Waals surface area contributed by atoms with E-state index in [0.717, 1.165) is 41.2 Å². The van der Waals surface area contributed by atoms with Crippen molar-refractivity contribution >= 4 is 5.82 Å². The lowest BCUT2D eigenvalue weighted by atomic mass is 10.1. The Morgan fingerprint density at radius 3 is 2.50 bits per heavy atom. The summed E-state index contributed by atoms with van der Waals surface area (Å²) >= 11 is 0. The molecule has 0 spiro atoms. The summed E-state index contributed by atoms with van der Waals surface area (Å²) < 4.78 is 13.2. The van der Waals surface area contributed by atoms with Crippen LogP contribution in [0, 0.1) is 19.7 Å². The standard InChI is InChI=1S/C16H20FN3/c1-5-14-11(4)15(18-6-2)20-16(19-14)13-8-7-12(17)9-10(13)3/h7-9H,5-6H2,1-4H3,(H,18,19,20). The number of nitrogens with zero attached hydrogens (tertiary/aromatic N) is 2. The molecular formula is C16H20FN3. The molecule has 0 amide bonds. The molecule has 1 aromatic carbocycles. The quantitative estimate of drug-likeness (QED) is 0.918. The Bertz CT molecular complexity index is 623. The van der Waals surface area contributed by atoms with Crippen LogP contribution in [0.2, 0.25) is 0 Å². The molecule has 2 rings (SSSR count). The Hall–Kier alpha value is -1.97. The number of nitrogens with one attached hydrogen (secondary N) is 1. The lowest BCUT2D eigenvalue weighted by Crippen LogP contribution is -2.08.